The summed E-state index contributed by atoms with van der Waals surface area (Å²) in [5.41, 5.74) is -1.06. The molecule has 0 aromatic carbocycles. The molecule has 7 nitrogen and oxygen atoms in total. The molecule has 0 bridgehead atoms. The maximum Gasteiger partial charge on any atom is 0.355 e. The number of carbonyl (C=O) groups excluding carboxylic acids is 1. The van der Waals surface area contributed by atoms with Crippen molar-refractivity contribution >= 4 is 32.9 Å². The third kappa shape index (κ3) is 6.71. The Morgan fingerprint density at radius 3 is 2.66 bits per heavy atom. The summed E-state index contributed by atoms with van der Waals surface area (Å²) >= 11 is 0.793. The van der Waals surface area contributed by atoms with Crippen molar-refractivity contribution in [3.63, 3.8) is 0 Å². The lowest BCUT2D eigenvalue weighted by Gasteiger charge is -2.30. The van der Waals surface area contributed by atoms with Gasteiger partial charge >= 0.3 is 5.97 Å². The number of carbonyl (C=O) groups is 2. The quantitative estimate of drug-likeness (QED) is 0.477. The molecule has 2 aliphatic carbocycles. The van der Waals surface area contributed by atoms with Crippen molar-refractivity contribution in [1.82, 2.24) is 4.98 Å². The number of aromatic nitrogens is 1. The summed E-state index contributed by atoms with van der Waals surface area (Å²) < 4.78 is 24.9. The van der Waals surface area contributed by atoms with Crippen molar-refractivity contribution in [2.45, 2.75) is 81.1 Å². The Morgan fingerprint density at radius 1 is 1.28 bits per heavy atom. The number of nitrogens with zero attached hydrogens (tertiary/aromatic N) is 1. The first-order valence-corrected chi connectivity index (χ1v) is 13.9. The minimum atomic E-state index is -3.74. The molecule has 0 radical (unpaired) electrons. The van der Waals surface area contributed by atoms with Gasteiger partial charge in [-0.2, -0.15) is 0 Å². The number of rotatable bonds is 10. The number of sulfone groups is 1. The van der Waals surface area contributed by atoms with Crippen LogP contribution >= 0.6 is 11.3 Å². The van der Waals surface area contributed by atoms with Crippen molar-refractivity contribution < 1.29 is 28.2 Å². The average molecular weight is 484 g/mol. The number of Topliss-reactive ketones (excluding diaryl/α,β-unsaturated/α-hetero) is 1. The smallest absolute Gasteiger partial charge is 0.355 e. The average Bonchev–Trinajstić information content (AvgIpc) is 3.35. The maximum atomic E-state index is 12.6. The van der Waals surface area contributed by atoms with Crippen molar-refractivity contribution in [3.8, 4) is 0 Å². The van der Waals surface area contributed by atoms with Crippen LogP contribution in [0.1, 0.15) is 81.6 Å². The zero-order chi connectivity index (χ0) is 23.4. The first kappa shape index (κ1) is 25.1. The fraction of sp³-hybridized carbons (Fsp3) is 0.696. The van der Waals surface area contributed by atoms with Gasteiger partial charge in [-0.05, 0) is 44.4 Å². The highest BCUT2D eigenvalue weighted by Crippen LogP contribution is 2.35. The van der Waals surface area contributed by atoms with Gasteiger partial charge in [0.15, 0.2) is 5.69 Å². The van der Waals surface area contributed by atoms with E-state index >= 15 is 0 Å². The molecule has 1 unspecified atom stereocenters. The lowest BCUT2D eigenvalue weighted by atomic mass is 9.80. The summed E-state index contributed by atoms with van der Waals surface area (Å²) in [6.07, 6.45) is 12.7. The van der Waals surface area contributed by atoms with E-state index in [1.165, 1.54) is 37.5 Å². The Balaban J connectivity index is 1.55. The maximum absolute atomic E-state index is 12.6. The van der Waals surface area contributed by atoms with E-state index in [1.54, 1.807) is 0 Å². The molecular weight excluding hydrogens is 450 g/mol. The number of hydrogen-bond donors (Lipinski definition) is 2. The van der Waals surface area contributed by atoms with E-state index in [0.717, 1.165) is 17.8 Å². The van der Waals surface area contributed by atoms with Crippen molar-refractivity contribution in [2.75, 3.05) is 5.75 Å². The molecule has 1 aromatic heterocycles. The molecule has 0 amide bonds. The number of aromatic carboxylic acids is 1. The number of allylic oxidation sites excluding steroid dienone is 1. The van der Waals surface area contributed by atoms with Crippen LogP contribution in [0.15, 0.2) is 21.9 Å². The van der Waals surface area contributed by atoms with Gasteiger partial charge in [0.05, 0.1) is 11.4 Å². The molecule has 0 aliphatic heterocycles. The van der Waals surface area contributed by atoms with Crippen LogP contribution in [0.5, 0.6) is 0 Å². The van der Waals surface area contributed by atoms with E-state index in [2.05, 4.69) is 4.98 Å². The molecule has 1 aromatic rings. The number of aliphatic hydroxyl groups is 1. The molecule has 0 saturated heterocycles. The molecule has 9 heteroatoms. The second-order valence-electron chi connectivity index (χ2n) is 9.52. The van der Waals surface area contributed by atoms with E-state index in [0.29, 0.717) is 25.2 Å². The third-order valence-corrected chi connectivity index (χ3v) is 9.80. The van der Waals surface area contributed by atoms with Gasteiger partial charge in [-0.25, -0.2) is 18.2 Å². The van der Waals surface area contributed by atoms with Crippen molar-refractivity contribution in [3.05, 3.63) is 23.2 Å². The summed E-state index contributed by atoms with van der Waals surface area (Å²) in [7, 11) is -3.74. The second-order valence-corrected chi connectivity index (χ2v) is 12.7. The van der Waals surface area contributed by atoms with E-state index in [1.807, 2.05) is 19.1 Å². The molecule has 178 valence electrons. The number of hydrogen-bond acceptors (Lipinski definition) is 7. The van der Waals surface area contributed by atoms with Gasteiger partial charge in [0.25, 0.3) is 0 Å². The van der Waals surface area contributed by atoms with E-state index < -0.39 is 21.4 Å². The molecule has 3 atom stereocenters. The van der Waals surface area contributed by atoms with Gasteiger partial charge in [0, 0.05) is 17.7 Å². The molecule has 2 fully saturated rings. The fourth-order valence-electron chi connectivity index (χ4n) is 5.00. The van der Waals surface area contributed by atoms with Crippen LogP contribution in [0.3, 0.4) is 0 Å². The Bertz CT molecular complexity index is 943. The van der Waals surface area contributed by atoms with Crippen LogP contribution < -0.4 is 0 Å². The number of thiazole rings is 1. The highest BCUT2D eigenvalue weighted by molar-refractivity contribution is 7.93. The van der Waals surface area contributed by atoms with Crippen molar-refractivity contribution in [2.24, 2.45) is 17.8 Å². The molecule has 2 aliphatic rings. The molecular formula is C23H33NO6S2. The van der Waals surface area contributed by atoms with Crippen LogP contribution in [-0.2, 0) is 14.6 Å². The molecule has 0 spiro atoms. The topological polar surface area (TPSA) is 122 Å². The number of carboxylic acid groups (broad SMARTS) is 1. The summed E-state index contributed by atoms with van der Waals surface area (Å²) in [5.74, 6) is -1.27. The zero-order valence-electron chi connectivity index (χ0n) is 18.5. The minimum absolute atomic E-state index is 0.0333. The molecule has 2 N–H and O–H groups in total. The molecule has 1 heterocycles. The first-order chi connectivity index (χ1) is 15.1. The van der Waals surface area contributed by atoms with Crippen LogP contribution in [0.2, 0.25) is 0 Å². The molecule has 32 heavy (non-hydrogen) atoms. The van der Waals surface area contributed by atoms with Gasteiger partial charge in [-0.15, -0.1) is 11.3 Å². The molecule has 3 rings (SSSR count). The first-order valence-electron chi connectivity index (χ1n) is 11.4. The Hall–Kier alpha value is -1.58. The number of ketones is 1. The summed E-state index contributed by atoms with van der Waals surface area (Å²) in [4.78, 5) is 27.0. The van der Waals surface area contributed by atoms with Gasteiger partial charge < -0.3 is 10.2 Å². The lowest BCUT2D eigenvalue weighted by Crippen LogP contribution is -2.28. The predicted molar refractivity (Wildman–Crippen MR) is 123 cm³/mol. The largest absolute Gasteiger partial charge is 0.476 e. The van der Waals surface area contributed by atoms with Crippen molar-refractivity contribution in [1.29, 1.82) is 0 Å². The van der Waals surface area contributed by atoms with E-state index in [-0.39, 0.29) is 39.8 Å². The normalized spacial score (nSPS) is 24.8. The Labute approximate surface area is 193 Å². The van der Waals surface area contributed by atoms with Gasteiger partial charge in [-0.3, -0.25) is 4.79 Å². The van der Waals surface area contributed by atoms with Crippen LogP contribution in [0.4, 0.5) is 0 Å². The predicted octanol–water partition coefficient (Wildman–Crippen LogP) is 4.27. The highest BCUT2D eigenvalue weighted by atomic mass is 32.2. The molecule has 2 saturated carbocycles. The minimum Gasteiger partial charge on any atom is -0.476 e. The zero-order valence-corrected chi connectivity index (χ0v) is 20.2. The van der Waals surface area contributed by atoms with Crippen LogP contribution in [0.25, 0.3) is 0 Å². The van der Waals surface area contributed by atoms with Crippen LogP contribution in [0, 0.1) is 17.8 Å². The Morgan fingerprint density at radius 2 is 2.00 bits per heavy atom. The fourth-order valence-corrected chi connectivity index (χ4v) is 7.47. The van der Waals surface area contributed by atoms with E-state index in [4.69, 9.17) is 5.11 Å². The Kier molecular flexibility index (Phi) is 8.27. The van der Waals surface area contributed by atoms with Crippen LogP contribution in [-0.4, -0.2) is 46.7 Å². The summed E-state index contributed by atoms with van der Waals surface area (Å²) in [5, 5.41) is 20.9. The van der Waals surface area contributed by atoms with Gasteiger partial charge in [0.2, 0.25) is 14.2 Å². The van der Waals surface area contributed by atoms with E-state index in [9.17, 15) is 23.1 Å². The third-order valence-electron chi connectivity index (χ3n) is 6.71. The lowest BCUT2D eigenvalue weighted by molar-refractivity contribution is -0.121. The van der Waals surface area contributed by atoms with Gasteiger partial charge in [-0.1, -0.05) is 44.3 Å². The monoisotopic (exact) mass is 483 g/mol. The standard InChI is InChI=1S/C23H33NO6S2/c1-23(28,14-16-6-3-2-4-7-16)12-5-8-17-9-10-20(25)18(17)11-13-32(29,30)22-24-19(15-31-22)21(26)27/h5,8,15-18,28H,2-4,6-7,9-14H2,1H3,(H,26,27)/t17-,18+,23?/m0/s1. The summed E-state index contributed by atoms with van der Waals surface area (Å²) in [6.45, 7) is 1.87. The van der Waals surface area contributed by atoms with Gasteiger partial charge in [0.1, 0.15) is 5.78 Å². The highest BCUT2D eigenvalue weighted by Gasteiger charge is 2.35. The second kappa shape index (κ2) is 10.6. The number of carboxylic acids is 1. The summed E-state index contributed by atoms with van der Waals surface area (Å²) in [6, 6.07) is 0. The SMILES string of the molecule is CC(O)(CC=C[C@H]1CCC(=O)[C@@H]1CCS(=O)(=O)c1nc(C(=O)O)cs1)CC1CCCCC1.